The number of anilines is 1. The number of nitrogens with zero attached hydrogens (tertiary/aromatic N) is 1. The maximum atomic E-state index is 11.9. The number of aromatic carboxylic acids is 1. The number of rotatable bonds is 6. The quantitative estimate of drug-likeness (QED) is 0.736. The highest BCUT2D eigenvalue weighted by molar-refractivity contribution is 5.93. The average Bonchev–Trinajstić information content (AvgIpc) is 2.39. The first-order valence-corrected chi connectivity index (χ1v) is 6.10. The number of carboxylic acids is 1. The van der Waals surface area contributed by atoms with Crippen molar-refractivity contribution in [2.45, 2.75) is 6.92 Å². The summed E-state index contributed by atoms with van der Waals surface area (Å²) in [6.45, 7) is 3.21. The van der Waals surface area contributed by atoms with E-state index in [0.29, 0.717) is 25.4 Å². The second kappa shape index (κ2) is 7.34. The summed E-state index contributed by atoms with van der Waals surface area (Å²) < 4.78 is 4.91. The summed E-state index contributed by atoms with van der Waals surface area (Å²) in [4.78, 5) is 24.2. The molecule has 1 aromatic carbocycles. The van der Waals surface area contributed by atoms with E-state index >= 15 is 0 Å². The predicted octanol–water partition coefficient (Wildman–Crippen LogP) is 1.59. The molecule has 0 atom stereocenters. The third-order valence-corrected chi connectivity index (χ3v) is 2.71. The third-order valence-electron chi connectivity index (χ3n) is 2.71. The van der Waals surface area contributed by atoms with Crippen LogP contribution in [0.3, 0.4) is 0 Å². The van der Waals surface area contributed by atoms with Crippen molar-refractivity contribution >= 4 is 17.7 Å². The highest BCUT2D eigenvalue weighted by atomic mass is 16.5. The van der Waals surface area contributed by atoms with E-state index in [0.717, 1.165) is 0 Å². The van der Waals surface area contributed by atoms with Crippen LogP contribution in [0.2, 0.25) is 0 Å². The minimum Gasteiger partial charge on any atom is -0.507 e. The summed E-state index contributed by atoms with van der Waals surface area (Å²) >= 11 is 0. The first kappa shape index (κ1) is 15.8. The minimum absolute atomic E-state index is 0.213. The lowest BCUT2D eigenvalue weighted by atomic mass is 10.2. The largest absolute Gasteiger partial charge is 0.507 e. The van der Waals surface area contributed by atoms with Crippen molar-refractivity contribution in [3.63, 3.8) is 0 Å². The van der Waals surface area contributed by atoms with E-state index in [4.69, 9.17) is 9.84 Å². The van der Waals surface area contributed by atoms with E-state index in [2.05, 4.69) is 5.32 Å². The minimum atomic E-state index is -1.23. The number of phenols is 1. The Morgan fingerprint density at radius 3 is 2.60 bits per heavy atom. The number of aromatic hydroxyl groups is 1. The second-order valence-electron chi connectivity index (χ2n) is 4.04. The molecule has 110 valence electrons. The molecule has 0 aliphatic heterocycles. The Labute approximate surface area is 116 Å². The van der Waals surface area contributed by atoms with Gasteiger partial charge in [-0.1, -0.05) is 0 Å². The molecule has 7 nitrogen and oxygen atoms in total. The number of hydrogen-bond donors (Lipinski definition) is 3. The van der Waals surface area contributed by atoms with Crippen LogP contribution < -0.4 is 5.32 Å². The molecule has 0 saturated heterocycles. The number of ether oxygens (including phenoxy) is 1. The van der Waals surface area contributed by atoms with E-state index < -0.39 is 11.7 Å². The summed E-state index contributed by atoms with van der Waals surface area (Å²) in [7, 11) is 1.55. The van der Waals surface area contributed by atoms with Gasteiger partial charge in [0.1, 0.15) is 11.3 Å². The van der Waals surface area contributed by atoms with Crippen molar-refractivity contribution in [1.82, 2.24) is 4.90 Å². The molecule has 0 saturated carbocycles. The second-order valence-corrected chi connectivity index (χ2v) is 4.04. The Bertz CT molecular complexity index is 490. The van der Waals surface area contributed by atoms with Crippen LogP contribution in [-0.2, 0) is 4.74 Å². The van der Waals surface area contributed by atoms with Gasteiger partial charge in [-0.05, 0) is 19.1 Å². The summed E-state index contributed by atoms with van der Waals surface area (Å²) in [5.41, 5.74) is 0.114. The molecule has 0 fully saturated rings. The van der Waals surface area contributed by atoms with Gasteiger partial charge in [-0.25, -0.2) is 9.59 Å². The number of benzene rings is 1. The highest BCUT2D eigenvalue weighted by Gasteiger charge is 2.14. The zero-order valence-electron chi connectivity index (χ0n) is 11.4. The summed E-state index contributed by atoms with van der Waals surface area (Å²) in [5.74, 6) is -1.62. The van der Waals surface area contributed by atoms with Crippen LogP contribution in [0.15, 0.2) is 18.2 Å². The van der Waals surface area contributed by atoms with E-state index in [-0.39, 0.29) is 11.6 Å². The van der Waals surface area contributed by atoms with Gasteiger partial charge in [-0.15, -0.1) is 0 Å². The third kappa shape index (κ3) is 4.13. The van der Waals surface area contributed by atoms with Gasteiger partial charge in [0.05, 0.1) is 6.61 Å². The lowest BCUT2D eigenvalue weighted by molar-refractivity contribution is 0.0694. The fraction of sp³-hybridized carbons (Fsp3) is 0.385. The molecule has 0 bridgehead atoms. The van der Waals surface area contributed by atoms with Gasteiger partial charge < -0.3 is 25.2 Å². The van der Waals surface area contributed by atoms with Crippen LogP contribution in [-0.4, -0.2) is 53.9 Å². The molecule has 0 aliphatic rings. The molecule has 0 aromatic heterocycles. The van der Waals surface area contributed by atoms with Crippen LogP contribution in [0.4, 0.5) is 10.5 Å². The molecule has 20 heavy (non-hydrogen) atoms. The summed E-state index contributed by atoms with van der Waals surface area (Å²) in [6, 6.07) is 3.52. The number of amides is 2. The predicted molar refractivity (Wildman–Crippen MR) is 73.2 cm³/mol. The zero-order valence-corrected chi connectivity index (χ0v) is 11.4. The van der Waals surface area contributed by atoms with Crippen LogP contribution in [0.1, 0.15) is 17.3 Å². The molecule has 1 aromatic rings. The number of urea groups is 1. The molecular weight excluding hydrogens is 264 g/mol. The Morgan fingerprint density at radius 2 is 2.10 bits per heavy atom. The lowest BCUT2D eigenvalue weighted by Crippen LogP contribution is -2.37. The van der Waals surface area contributed by atoms with Gasteiger partial charge in [0, 0.05) is 32.0 Å². The number of likely N-dealkylation sites (N-methyl/N-ethyl adjacent to an activating group) is 1. The van der Waals surface area contributed by atoms with E-state index in [1.807, 2.05) is 6.92 Å². The lowest BCUT2D eigenvalue weighted by Gasteiger charge is -2.21. The fourth-order valence-corrected chi connectivity index (χ4v) is 1.60. The molecule has 0 aliphatic carbocycles. The number of carboxylic acid groups (broad SMARTS) is 1. The molecule has 0 heterocycles. The number of methoxy groups -OCH3 is 1. The van der Waals surface area contributed by atoms with Gasteiger partial charge >= 0.3 is 12.0 Å². The number of nitrogens with one attached hydrogen (secondary N) is 1. The Balaban J connectivity index is 2.74. The van der Waals surface area contributed by atoms with Gasteiger partial charge in [0.15, 0.2) is 0 Å². The number of carbonyl (C=O) groups excluding carboxylic acids is 1. The average molecular weight is 282 g/mol. The van der Waals surface area contributed by atoms with Crippen molar-refractivity contribution in [1.29, 1.82) is 0 Å². The smallest absolute Gasteiger partial charge is 0.339 e. The van der Waals surface area contributed by atoms with Crippen LogP contribution >= 0.6 is 0 Å². The van der Waals surface area contributed by atoms with Gasteiger partial charge in [0.25, 0.3) is 0 Å². The normalized spacial score (nSPS) is 10.1. The van der Waals surface area contributed by atoms with E-state index in [1.54, 1.807) is 7.11 Å². The standard InChI is InChI=1S/C13H18N2O5/c1-3-15(6-7-20-2)13(19)14-9-4-5-10(12(17)18)11(16)8-9/h4-5,8,16H,3,6-7H2,1-2H3,(H,14,19)(H,17,18). The van der Waals surface area contributed by atoms with Crippen molar-refractivity contribution in [3.05, 3.63) is 23.8 Å². The van der Waals surface area contributed by atoms with Crippen molar-refractivity contribution in [2.75, 3.05) is 32.1 Å². The highest BCUT2D eigenvalue weighted by Crippen LogP contribution is 2.22. The van der Waals surface area contributed by atoms with Crippen molar-refractivity contribution in [3.8, 4) is 5.75 Å². The molecule has 1 rings (SSSR count). The molecule has 2 amide bonds. The molecule has 0 unspecified atom stereocenters. The van der Waals surface area contributed by atoms with Gasteiger partial charge in [0.2, 0.25) is 0 Å². The van der Waals surface area contributed by atoms with Crippen molar-refractivity contribution < 1.29 is 24.5 Å². The Kier molecular flexibility index (Phi) is 5.79. The fourth-order valence-electron chi connectivity index (χ4n) is 1.60. The monoisotopic (exact) mass is 282 g/mol. The number of hydrogen-bond acceptors (Lipinski definition) is 4. The van der Waals surface area contributed by atoms with Crippen LogP contribution in [0.25, 0.3) is 0 Å². The maximum Gasteiger partial charge on any atom is 0.339 e. The van der Waals surface area contributed by atoms with E-state index in [1.165, 1.54) is 23.1 Å². The zero-order chi connectivity index (χ0) is 15.1. The van der Waals surface area contributed by atoms with Crippen molar-refractivity contribution in [2.24, 2.45) is 0 Å². The Morgan fingerprint density at radius 1 is 1.40 bits per heavy atom. The molecule has 7 heteroatoms. The molecule has 3 N–H and O–H groups in total. The van der Waals surface area contributed by atoms with Gasteiger partial charge in [-0.2, -0.15) is 0 Å². The van der Waals surface area contributed by atoms with Gasteiger partial charge in [-0.3, -0.25) is 0 Å². The first-order chi connectivity index (χ1) is 9.49. The molecule has 0 spiro atoms. The topological polar surface area (TPSA) is 99.1 Å². The summed E-state index contributed by atoms with van der Waals surface area (Å²) in [5, 5.41) is 20.9. The Hall–Kier alpha value is -2.28. The van der Waals surface area contributed by atoms with Crippen LogP contribution in [0.5, 0.6) is 5.75 Å². The van der Waals surface area contributed by atoms with Crippen LogP contribution in [0, 0.1) is 0 Å². The summed E-state index contributed by atoms with van der Waals surface area (Å²) in [6.07, 6.45) is 0. The first-order valence-electron chi connectivity index (χ1n) is 6.10. The SMILES string of the molecule is CCN(CCOC)C(=O)Nc1ccc(C(=O)O)c(O)c1. The maximum absolute atomic E-state index is 11.9. The molecule has 0 radical (unpaired) electrons. The number of carbonyl (C=O) groups is 2. The molecular formula is C13H18N2O5. The van der Waals surface area contributed by atoms with E-state index in [9.17, 15) is 14.7 Å².